The van der Waals surface area contributed by atoms with Crippen LogP contribution in [0.1, 0.15) is 32.6 Å². The summed E-state index contributed by atoms with van der Waals surface area (Å²) in [6, 6.07) is 0. The fourth-order valence-corrected chi connectivity index (χ4v) is 1.38. The molecule has 0 aromatic carbocycles. The van der Waals surface area contributed by atoms with E-state index in [1.807, 2.05) is 6.92 Å². The molecule has 0 atom stereocenters. The zero-order chi connectivity index (χ0) is 12.8. The summed E-state index contributed by atoms with van der Waals surface area (Å²) in [5.41, 5.74) is 5.39. The van der Waals surface area contributed by atoms with Crippen LogP contribution in [0.5, 0.6) is 0 Å². The van der Waals surface area contributed by atoms with Gasteiger partial charge in [0, 0.05) is 13.0 Å². The first kappa shape index (κ1) is 16.4. The van der Waals surface area contributed by atoms with E-state index >= 15 is 0 Å². The van der Waals surface area contributed by atoms with Crippen molar-refractivity contribution in [3.63, 3.8) is 0 Å². The Kier molecular flexibility index (Phi) is 12.9. The van der Waals surface area contributed by atoms with Gasteiger partial charge >= 0.3 is 0 Å². The molecule has 0 aliphatic heterocycles. The highest BCUT2D eigenvalue weighted by Gasteiger charge is 1.94. The van der Waals surface area contributed by atoms with Gasteiger partial charge in [-0.2, -0.15) is 0 Å². The van der Waals surface area contributed by atoms with Gasteiger partial charge in [-0.15, -0.1) is 0 Å². The van der Waals surface area contributed by atoms with E-state index in [0.29, 0.717) is 6.42 Å². The lowest BCUT2D eigenvalue weighted by molar-refractivity contribution is -0.120. The third kappa shape index (κ3) is 13.3. The monoisotopic (exact) mass is 244 g/mol. The predicted molar refractivity (Wildman–Crippen MR) is 71.9 cm³/mol. The van der Waals surface area contributed by atoms with E-state index in [1.54, 1.807) is 0 Å². The summed E-state index contributed by atoms with van der Waals surface area (Å²) in [6.07, 6.45) is 3.74. The minimum atomic E-state index is 0.133. The fraction of sp³-hybridized carbons (Fsp3) is 0.917. The van der Waals surface area contributed by atoms with Crippen LogP contribution in [0, 0.1) is 0 Å². The molecule has 0 heterocycles. The van der Waals surface area contributed by atoms with E-state index in [9.17, 15) is 4.79 Å². The summed E-state index contributed by atoms with van der Waals surface area (Å²) in [5, 5.41) is 9.54. The molecule has 0 spiro atoms. The number of nitrogens with two attached hydrogens (primary N) is 1. The molecule has 5 N–H and O–H groups in total. The molecule has 17 heavy (non-hydrogen) atoms. The van der Waals surface area contributed by atoms with Gasteiger partial charge in [0.1, 0.15) is 0 Å². The van der Waals surface area contributed by atoms with Crippen molar-refractivity contribution < 1.29 is 4.79 Å². The number of hydrogen-bond donors (Lipinski definition) is 4. The molecule has 0 aromatic rings. The summed E-state index contributed by atoms with van der Waals surface area (Å²) in [6.45, 7) is 7.44. The standard InChI is InChI=1S/C12H28N4O/c1-2-12(17)16-11-5-10-15-9-4-8-14-7-3-6-13/h14-15H,2-11,13H2,1H3,(H,16,17). The Morgan fingerprint density at radius 3 is 2.00 bits per heavy atom. The first-order chi connectivity index (χ1) is 8.31. The van der Waals surface area contributed by atoms with Crippen molar-refractivity contribution in [2.24, 2.45) is 5.73 Å². The van der Waals surface area contributed by atoms with E-state index in [4.69, 9.17) is 5.73 Å². The minimum Gasteiger partial charge on any atom is -0.356 e. The van der Waals surface area contributed by atoms with Gasteiger partial charge < -0.3 is 21.7 Å². The molecule has 0 rings (SSSR count). The van der Waals surface area contributed by atoms with Crippen LogP contribution in [0.25, 0.3) is 0 Å². The van der Waals surface area contributed by atoms with Crippen molar-refractivity contribution in [2.75, 3.05) is 39.3 Å². The quantitative estimate of drug-likeness (QED) is 0.359. The van der Waals surface area contributed by atoms with E-state index in [0.717, 1.165) is 58.5 Å². The first-order valence-electron chi connectivity index (χ1n) is 6.69. The lowest BCUT2D eigenvalue weighted by atomic mass is 10.3. The molecule has 0 radical (unpaired) electrons. The van der Waals surface area contributed by atoms with Crippen molar-refractivity contribution in [1.82, 2.24) is 16.0 Å². The van der Waals surface area contributed by atoms with E-state index in [2.05, 4.69) is 16.0 Å². The molecule has 0 unspecified atom stereocenters. The zero-order valence-electron chi connectivity index (χ0n) is 11.1. The average molecular weight is 244 g/mol. The molecule has 5 nitrogen and oxygen atoms in total. The summed E-state index contributed by atoms with van der Waals surface area (Å²) in [4.78, 5) is 10.9. The van der Waals surface area contributed by atoms with E-state index < -0.39 is 0 Å². The van der Waals surface area contributed by atoms with Crippen LogP contribution < -0.4 is 21.7 Å². The number of carbonyl (C=O) groups excluding carboxylic acids is 1. The Morgan fingerprint density at radius 1 is 0.941 bits per heavy atom. The Morgan fingerprint density at radius 2 is 1.47 bits per heavy atom. The molecule has 0 fully saturated rings. The summed E-state index contributed by atoms with van der Waals surface area (Å²) < 4.78 is 0. The second-order valence-corrected chi connectivity index (χ2v) is 4.05. The Balaban J connectivity index is 2.96. The van der Waals surface area contributed by atoms with Crippen molar-refractivity contribution in [2.45, 2.75) is 32.6 Å². The van der Waals surface area contributed by atoms with Gasteiger partial charge in [0.25, 0.3) is 0 Å². The maximum absolute atomic E-state index is 10.9. The SMILES string of the molecule is CCC(=O)NCCCNCCCNCCCN. The lowest BCUT2D eigenvalue weighted by Crippen LogP contribution is -2.28. The molecule has 102 valence electrons. The zero-order valence-corrected chi connectivity index (χ0v) is 11.1. The molecule has 0 saturated heterocycles. The van der Waals surface area contributed by atoms with E-state index in [-0.39, 0.29) is 5.91 Å². The summed E-state index contributed by atoms with van der Waals surface area (Å²) in [5.74, 6) is 0.133. The second kappa shape index (κ2) is 13.4. The maximum atomic E-state index is 10.9. The van der Waals surface area contributed by atoms with Crippen LogP contribution in [0.2, 0.25) is 0 Å². The van der Waals surface area contributed by atoms with Gasteiger partial charge in [0.05, 0.1) is 0 Å². The maximum Gasteiger partial charge on any atom is 0.219 e. The molecule has 0 aliphatic rings. The highest BCUT2D eigenvalue weighted by Crippen LogP contribution is 1.79. The van der Waals surface area contributed by atoms with Gasteiger partial charge in [-0.1, -0.05) is 6.92 Å². The van der Waals surface area contributed by atoms with Crippen molar-refractivity contribution in [3.05, 3.63) is 0 Å². The summed E-state index contributed by atoms with van der Waals surface area (Å²) in [7, 11) is 0. The number of hydrogen-bond acceptors (Lipinski definition) is 4. The third-order valence-electron chi connectivity index (χ3n) is 2.44. The van der Waals surface area contributed by atoms with Crippen molar-refractivity contribution >= 4 is 5.91 Å². The van der Waals surface area contributed by atoms with Crippen LogP contribution in [0.15, 0.2) is 0 Å². The molecular weight excluding hydrogens is 216 g/mol. The molecule has 0 aromatic heterocycles. The minimum absolute atomic E-state index is 0.133. The van der Waals surface area contributed by atoms with Gasteiger partial charge in [-0.25, -0.2) is 0 Å². The molecule has 0 saturated carbocycles. The molecular formula is C12H28N4O. The highest BCUT2D eigenvalue weighted by atomic mass is 16.1. The Bertz CT molecular complexity index is 176. The van der Waals surface area contributed by atoms with Crippen LogP contribution in [-0.4, -0.2) is 45.2 Å². The molecule has 5 heteroatoms. The van der Waals surface area contributed by atoms with Gasteiger partial charge in [0.2, 0.25) is 5.91 Å². The Hall–Kier alpha value is -0.650. The lowest BCUT2D eigenvalue weighted by Gasteiger charge is -2.06. The first-order valence-corrected chi connectivity index (χ1v) is 6.69. The predicted octanol–water partition coefficient (Wildman–Crippen LogP) is -0.179. The average Bonchev–Trinajstić information content (AvgIpc) is 2.35. The molecule has 0 aliphatic carbocycles. The largest absolute Gasteiger partial charge is 0.356 e. The number of carbonyl (C=O) groups is 1. The van der Waals surface area contributed by atoms with Crippen LogP contribution in [-0.2, 0) is 4.79 Å². The summed E-state index contributed by atoms with van der Waals surface area (Å²) >= 11 is 0. The van der Waals surface area contributed by atoms with Crippen LogP contribution >= 0.6 is 0 Å². The molecule has 0 bridgehead atoms. The van der Waals surface area contributed by atoms with Crippen LogP contribution in [0.3, 0.4) is 0 Å². The number of rotatable bonds is 12. The van der Waals surface area contributed by atoms with Gasteiger partial charge in [-0.3, -0.25) is 4.79 Å². The fourth-order valence-electron chi connectivity index (χ4n) is 1.38. The van der Waals surface area contributed by atoms with Crippen molar-refractivity contribution in [3.8, 4) is 0 Å². The third-order valence-corrected chi connectivity index (χ3v) is 2.44. The smallest absolute Gasteiger partial charge is 0.219 e. The van der Waals surface area contributed by atoms with E-state index in [1.165, 1.54) is 0 Å². The molecule has 1 amide bonds. The topological polar surface area (TPSA) is 79.2 Å². The number of amides is 1. The number of nitrogens with one attached hydrogen (secondary N) is 3. The highest BCUT2D eigenvalue weighted by molar-refractivity contribution is 5.75. The van der Waals surface area contributed by atoms with Gasteiger partial charge in [0.15, 0.2) is 0 Å². The van der Waals surface area contributed by atoms with Crippen molar-refractivity contribution in [1.29, 1.82) is 0 Å². The Labute approximate surface area is 105 Å². The van der Waals surface area contributed by atoms with Gasteiger partial charge in [-0.05, 0) is 52.0 Å². The van der Waals surface area contributed by atoms with Crippen LogP contribution in [0.4, 0.5) is 0 Å². The second-order valence-electron chi connectivity index (χ2n) is 4.05. The normalized spacial score (nSPS) is 10.5.